The van der Waals surface area contributed by atoms with Crippen molar-refractivity contribution in [1.29, 1.82) is 0 Å². The maximum absolute atomic E-state index is 12.4. The molecule has 5 heteroatoms. The van der Waals surface area contributed by atoms with Gasteiger partial charge in [0.1, 0.15) is 11.5 Å². The highest BCUT2D eigenvalue weighted by Crippen LogP contribution is 2.23. The number of anilines is 1. The van der Waals surface area contributed by atoms with Gasteiger partial charge in [-0.05, 0) is 51.0 Å². The van der Waals surface area contributed by atoms with Gasteiger partial charge in [0.2, 0.25) is 0 Å². The van der Waals surface area contributed by atoms with Gasteiger partial charge >= 0.3 is 6.03 Å². The normalized spacial score (nSPS) is 14.7. The molecule has 1 saturated heterocycles. The van der Waals surface area contributed by atoms with Crippen LogP contribution in [-0.4, -0.2) is 37.1 Å². The summed E-state index contributed by atoms with van der Waals surface area (Å²) in [6.45, 7) is 11.9. The van der Waals surface area contributed by atoms with Gasteiger partial charge in [0, 0.05) is 44.0 Å². The Labute approximate surface area is 149 Å². The molecule has 0 aliphatic carbocycles. The summed E-state index contributed by atoms with van der Waals surface area (Å²) < 4.78 is 5.50. The number of hydrogen-bond donors (Lipinski definition) is 1. The van der Waals surface area contributed by atoms with Crippen LogP contribution in [0.4, 0.5) is 10.5 Å². The topological polar surface area (TPSA) is 48.7 Å². The Balaban J connectivity index is 1.54. The average Bonchev–Trinajstić information content (AvgIpc) is 2.93. The molecule has 2 amide bonds. The first-order valence-corrected chi connectivity index (χ1v) is 8.85. The largest absolute Gasteiger partial charge is 0.466 e. The molecule has 0 atom stereocenters. The van der Waals surface area contributed by atoms with Crippen LogP contribution in [0, 0.1) is 27.7 Å². The van der Waals surface area contributed by atoms with E-state index < -0.39 is 0 Å². The molecule has 1 aromatic heterocycles. The van der Waals surface area contributed by atoms with Crippen LogP contribution in [0.25, 0.3) is 0 Å². The molecule has 3 rings (SSSR count). The number of piperazine rings is 1. The van der Waals surface area contributed by atoms with Crippen molar-refractivity contribution in [3.8, 4) is 0 Å². The van der Waals surface area contributed by atoms with Crippen LogP contribution in [0.3, 0.4) is 0 Å². The second-order valence-electron chi connectivity index (χ2n) is 6.79. The van der Waals surface area contributed by atoms with Gasteiger partial charge < -0.3 is 19.5 Å². The van der Waals surface area contributed by atoms with Crippen LogP contribution in [-0.2, 0) is 6.54 Å². The molecule has 1 fully saturated rings. The molecule has 134 valence electrons. The highest BCUT2D eigenvalue weighted by atomic mass is 16.3. The molecule has 0 bridgehead atoms. The fourth-order valence-electron chi connectivity index (χ4n) is 3.37. The van der Waals surface area contributed by atoms with Crippen LogP contribution in [0.1, 0.15) is 28.2 Å². The number of amides is 2. The van der Waals surface area contributed by atoms with E-state index in [1.165, 1.54) is 16.8 Å². The summed E-state index contributed by atoms with van der Waals surface area (Å²) in [5.74, 6) is 1.75. The smallest absolute Gasteiger partial charge is 0.317 e. The Bertz CT molecular complexity index is 758. The predicted octanol–water partition coefficient (Wildman–Crippen LogP) is 3.55. The molecule has 1 aliphatic heterocycles. The summed E-state index contributed by atoms with van der Waals surface area (Å²) in [6, 6.07) is 8.39. The Kier molecular flexibility index (Phi) is 5.02. The molecule has 0 radical (unpaired) electrons. The second kappa shape index (κ2) is 7.21. The van der Waals surface area contributed by atoms with E-state index in [-0.39, 0.29) is 6.03 Å². The van der Waals surface area contributed by atoms with Gasteiger partial charge in [-0.15, -0.1) is 0 Å². The summed E-state index contributed by atoms with van der Waals surface area (Å²) in [5, 5.41) is 3.01. The van der Waals surface area contributed by atoms with Gasteiger partial charge in [0.15, 0.2) is 0 Å². The Hall–Kier alpha value is -2.43. The van der Waals surface area contributed by atoms with Gasteiger partial charge in [0.25, 0.3) is 0 Å². The SMILES string of the molecule is Cc1cc(CNC(=O)N2CCN(c3cccc(C)c3C)CC2)c(C)o1. The van der Waals surface area contributed by atoms with Gasteiger partial charge in [-0.25, -0.2) is 4.79 Å². The van der Waals surface area contributed by atoms with Gasteiger partial charge in [-0.2, -0.15) is 0 Å². The Morgan fingerprint density at radius 3 is 2.48 bits per heavy atom. The molecular formula is C20H27N3O2. The number of benzene rings is 1. The van der Waals surface area contributed by atoms with Crippen LogP contribution in [0.2, 0.25) is 0 Å². The third-order valence-corrected chi connectivity index (χ3v) is 5.06. The van der Waals surface area contributed by atoms with Crippen molar-refractivity contribution in [1.82, 2.24) is 10.2 Å². The summed E-state index contributed by atoms with van der Waals surface area (Å²) in [6.07, 6.45) is 0. The molecule has 5 nitrogen and oxygen atoms in total. The number of furan rings is 1. The molecule has 1 aromatic carbocycles. The number of nitrogens with one attached hydrogen (secondary N) is 1. The molecule has 0 unspecified atom stereocenters. The Morgan fingerprint density at radius 1 is 1.12 bits per heavy atom. The van der Waals surface area contributed by atoms with E-state index in [1.54, 1.807) is 0 Å². The van der Waals surface area contributed by atoms with Crippen molar-refractivity contribution < 1.29 is 9.21 Å². The number of hydrogen-bond acceptors (Lipinski definition) is 3. The van der Waals surface area contributed by atoms with Crippen molar-refractivity contribution in [3.05, 3.63) is 52.5 Å². The van der Waals surface area contributed by atoms with E-state index in [0.717, 1.165) is 43.3 Å². The quantitative estimate of drug-likeness (QED) is 0.929. The summed E-state index contributed by atoms with van der Waals surface area (Å²) in [5.41, 5.74) is 4.96. The van der Waals surface area contributed by atoms with Gasteiger partial charge in [-0.1, -0.05) is 12.1 Å². The average molecular weight is 341 g/mol. The van der Waals surface area contributed by atoms with Crippen molar-refractivity contribution in [2.45, 2.75) is 34.2 Å². The van der Waals surface area contributed by atoms with Crippen molar-refractivity contribution in [2.75, 3.05) is 31.1 Å². The minimum absolute atomic E-state index is 0.00105. The Morgan fingerprint density at radius 2 is 1.84 bits per heavy atom. The van der Waals surface area contributed by atoms with E-state index in [9.17, 15) is 4.79 Å². The monoisotopic (exact) mass is 341 g/mol. The zero-order valence-electron chi connectivity index (χ0n) is 15.6. The van der Waals surface area contributed by atoms with Crippen LogP contribution >= 0.6 is 0 Å². The van der Waals surface area contributed by atoms with Crippen LogP contribution in [0.15, 0.2) is 28.7 Å². The summed E-state index contributed by atoms with van der Waals surface area (Å²) >= 11 is 0. The third kappa shape index (κ3) is 3.81. The lowest BCUT2D eigenvalue weighted by Gasteiger charge is -2.37. The molecular weight excluding hydrogens is 314 g/mol. The number of aryl methyl sites for hydroxylation is 3. The lowest BCUT2D eigenvalue weighted by molar-refractivity contribution is 0.194. The van der Waals surface area contributed by atoms with Crippen molar-refractivity contribution in [2.24, 2.45) is 0 Å². The molecule has 2 aromatic rings. The van der Waals surface area contributed by atoms with E-state index in [4.69, 9.17) is 4.42 Å². The number of carbonyl (C=O) groups is 1. The number of nitrogens with zero attached hydrogens (tertiary/aromatic N) is 2. The predicted molar refractivity (Wildman–Crippen MR) is 100 cm³/mol. The summed E-state index contributed by atoms with van der Waals surface area (Å²) in [7, 11) is 0. The first-order chi connectivity index (χ1) is 12.0. The summed E-state index contributed by atoms with van der Waals surface area (Å²) in [4.78, 5) is 16.7. The maximum atomic E-state index is 12.4. The molecule has 1 N–H and O–H groups in total. The lowest BCUT2D eigenvalue weighted by Crippen LogP contribution is -2.51. The van der Waals surface area contributed by atoms with E-state index in [1.807, 2.05) is 24.8 Å². The van der Waals surface area contributed by atoms with E-state index in [2.05, 4.69) is 42.3 Å². The van der Waals surface area contributed by atoms with Gasteiger partial charge in [-0.3, -0.25) is 0 Å². The fraction of sp³-hybridized carbons (Fsp3) is 0.450. The zero-order valence-corrected chi connectivity index (χ0v) is 15.6. The van der Waals surface area contributed by atoms with Crippen LogP contribution in [0.5, 0.6) is 0 Å². The lowest BCUT2D eigenvalue weighted by atomic mass is 10.1. The zero-order chi connectivity index (χ0) is 18.0. The van der Waals surface area contributed by atoms with E-state index in [0.29, 0.717) is 6.54 Å². The third-order valence-electron chi connectivity index (χ3n) is 5.06. The molecule has 2 heterocycles. The number of rotatable bonds is 3. The first-order valence-electron chi connectivity index (χ1n) is 8.85. The fourth-order valence-corrected chi connectivity index (χ4v) is 3.37. The van der Waals surface area contributed by atoms with Crippen molar-refractivity contribution in [3.63, 3.8) is 0 Å². The maximum Gasteiger partial charge on any atom is 0.317 e. The van der Waals surface area contributed by atoms with E-state index >= 15 is 0 Å². The minimum atomic E-state index is -0.00105. The van der Waals surface area contributed by atoms with Gasteiger partial charge in [0.05, 0.1) is 0 Å². The number of urea groups is 1. The second-order valence-corrected chi connectivity index (χ2v) is 6.79. The van der Waals surface area contributed by atoms with Crippen molar-refractivity contribution >= 4 is 11.7 Å². The highest BCUT2D eigenvalue weighted by Gasteiger charge is 2.22. The molecule has 25 heavy (non-hydrogen) atoms. The molecule has 0 spiro atoms. The highest BCUT2D eigenvalue weighted by molar-refractivity contribution is 5.74. The standard InChI is InChI=1S/C20H27N3O2/c1-14-6-5-7-19(16(14)3)22-8-10-23(11-9-22)20(24)21-13-18-12-15(2)25-17(18)4/h5-7,12H,8-11,13H2,1-4H3,(H,21,24). The number of carbonyl (C=O) groups excluding carboxylic acids is 1. The molecule has 1 aliphatic rings. The minimum Gasteiger partial charge on any atom is -0.466 e. The molecule has 0 saturated carbocycles. The van der Waals surface area contributed by atoms with Crippen LogP contribution < -0.4 is 10.2 Å². The first kappa shape index (κ1) is 17.4.